The molecule has 0 aliphatic heterocycles. The van der Waals surface area contributed by atoms with Crippen LogP contribution in [0.2, 0.25) is 0 Å². The number of nitrogens with zero attached hydrogens (tertiary/aromatic N) is 2. The fourth-order valence-electron chi connectivity index (χ4n) is 0.647. The summed E-state index contributed by atoms with van der Waals surface area (Å²) in [4.78, 5) is 7.42. The molecular weight excluding hydrogens is 180 g/mol. The minimum atomic E-state index is -3.44. The lowest BCUT2D eigenvalue weighted by Crippen LogP contribution is -2.10. The molecular formula is C6H8N2O3S. The first kappa shape index (κ1) is 9.08. The average molecular weight is 188 g/mol. The first-order chi connectivity index (χ1) is 5.64. The van der Waals surface area contributed by atoms with Gasteiger partial charge in [0.15, 0.2) is 9.84 Å². The Morgan fingerprint density at radius 2 is 1.92 bits per heavy atom. The first-order valence-electron chi connectivity index (χ1n) is 3.21. The van der Waals surface area contributed by atoms with E-state index in [1.54, 1.807) is 6.07 Å². The smallest absolute Gasteiger partial charge is 0.181 e. The van der Waals surface area contributed by atoms with Gasteiger partial charge in [-0.15, -0.1) is 0 Å². The minimum Gasteiger partial charge on any atom is -0.380 e. The molecule has 1 N–H and O–H groups in total. The van der Waals surface area contributed by atoms with Crippen LogP contribution in [-0.2, 0) is 15.6 Å². The molecule has 0 amide bonds. The Bertz CT molecular complexity index is 335. The number of sulfone groups is 1. The summed E-state index contributed by atoms with van der Waals surface area (Å²) in [5, 5.41) is 8.41. The van der Waals surface area contributed by atoms with Gasteiger partial charge in [0.25, 0.3) is 0 Å². The third-order valence-corrected chi connectivity index (χ3v) is 2.26. The van der Waals surface area contributed by atoms with E-state index in [2.05, 4.69) is 9.97 Å². The summed E-state index contributed by atoms with van der Waals surface area (Å²) in [6, 6.07) is 1.59. The van der Waals surface area contributed by atoms with E-state index in [4.69, 9.17) is 5.11 Å². The second kappa shape index (κ2) is 3.59. The SMILES string of the molecule is O=S(=O)(CO)Cc1ncccn1. The van der Waals surface area contributed by atoms with Gasteiger partial charge in [-0.3, -0.25) is 0 Å². The molecule has 0 bridgehead atoms. The van der Waals surface area contributed by atoms with E-state index in [1.165, 1.54) is 12.4 Å². The summed E-state index contributed by atoms with van der Waals surface area (Å²) in [7, 11) is -3.44. The highest BCUT2D eigenvalue weighted by molar-refractivity contribution is 7.90. The molecule has 1 heterocycles. The molecule has 1 rings (SSSR count). The summed E-state index contributed by atoms with van der Waals surface area (Å²) < 4.78 is 21.7. The van der Waals surface area contributed by atoms with Crippen molar-refractivity contribution in [2.45, 2.75) is 5.75 Å². The van der Waals surface area contributed by atoms with Gasteiger partial charge in [0.1, 0.15) is 17.5 Å². The molecule has 0 fully saturated rings. The van der Waals surface area contributed by atoms with Gasteiger partial charge < -0.3 is 5.11 Å². The molecule has 0 radical (unpaired) electrons. The number of aliphatic hydroxyl groups is 1. The quantitative estimate of drug-likeness (QED) is 0.681. The molecule has 0 saturated carbocycles. The van der Waals surface area contributed by atoms with Gasteiger partial charge in [0.05, 0.1) is 0 Å². The van der Waals surface area contributed by atoms with Crippen molar-refractivity contribution in [3.8, 4) is 0 Å². The number of aliphatic hydroxyl groups excluding tert-OH is 1. The van der Waals surface area contributed by atoms with Gasteiger partial charge in [-0.25, -0.2) is 18.4 Å². The van der Waals surface area contributed by atoms with Crippen molar-refractivity contribution in [1.82, 2.24) is 9.97 Å². The lowest BCUT2D eigenvalue weighted by Gasteiger charge is -1.97. The van der Waals surface area contributed by atoms with Crippen molar-refractivity contribution >= 4 is 9.84 Å². The van der Waals surface area contributed by atoms with Crippen LogP contribution < -0.4 is 0 Å². The second-order valence-corrected chi connectivity index (χ2v) is 4.22. The molecule has 1 aromatic heterocycles. The number of rotatable bonds is 3. The van der Waals surface area contributed by atoms with E-state index < -0.39 is 15.8 Å². The van der Waals surface area contributed by atoms with Crippen molar-refractivity contribution in [3.63, 3.8) is 0 Å². The van der Waals surface area contributed by atoms with Crippen molar-refractivity contribution in [2.75, 3.05) is 5.94 Å². The molecule has 12 heavy (non-hydrogen) atoms. The third-order valence-electron chi connectivity index (χ3n) is 1.16. The summed E-state index contributed by atoms with van der Waals surface area (Å²) >= 11 is 0. The standard InChI is InChI=1S/C6H8N2O3S/c9-5-12(10,11)4-6-7-2-1-3-8-6/h1-3,9H,4-5H2. The number of hydrogen-bond donors (Lipinski definition) is 1. The number of aromatic nitrogens is 2. The Morgan fingerprint density at radius 1 is 1.33 bits per heavy atom. The monoisotopic (exact) mass is 188 g/mol. The Morgan fingerprint density at radius 3 is 2.42 bits per heavy atom. The Hall–Kier alpha value is -1.01. The van der Waals surface area contributed by atoms with Crippen LogP contribution in [0.15, 0.2) is 18.5 Å². The zero-order chi connectivity index (χ0) is 9.03. The maximum absolute atomic E-state index is 10.8. The first-order valence-corrected chi connectivity index (χ1v) is 5.03. The minimum absolute atomic E-state index is 0.201. The summed E-state index contributed by atoms with van der Waals surface area (Å²) in [5.74, 6) is -0.984. The molecule has 6 heteroatoms. The second-order valence-electron chi connectivity index (χ2n) is 2.18. The summed E-state index contributed by atoms with van der Waals surface area (Å²) in [6.45, 7) is 0. The van der Waals surface area contributed by atoms with E-state index in [1.807, 2.05) is 0 Å². The average Bonchev–Trinajstić information content (AvgIpc) is 2.06. The molecule has 0 atom stereocenters. The van der Waals surface area contributed by atoms with Crippen LogP contribution in [-0.4, -0.2) is 29.4 Å². The Kier molecular flexibility index (Phi) is 2.72. The van der Waals surface area contributed by atoms with Crippen molar-refractivity contribution < 1.29 is 13.5 Å². The Balaban J connectivity index is 2.78. The fraction of sp³-hybridized carbons (Fsp3) is 0.333. The lowest BCUT2D eigenvalue weighted by atomic mass is 10.6. The van der Waals surface area contributed by atoms with Crippen LogP contribution >= 0.6 is 0 Å². The molecule has 66 valence electrons. The van der Waals surface area contributed by atoms with Gasteiger partial charge in [-0.05, 0) is 6.07 Å². The highest BCUT2D eigenvalue weighted by atomic mass is 32.2. The maximum Gasteiger partial charge on any atom is 0.181 e. The molecule has 0 aliphatic carbocycles. The van der Waals surface area contributed by atoms with E-state index in [9.17, 15) is 8.42 Å². The Labute approximate surface area is 70.0 Å². The van der Waals surface area contributed by atoms with E-state index in [-0.39, 0.29) is 11.6 Å². The van der Waals surface area contributed by atoms with Crippen LogP contribution in [0, 0.1) is 0 Å². The van der Waals surface area contributed by atoms with Crippen molar-refractivity contribution in [2.24, 2.45) is 0 Å². The summed E-state index contributed by atoms with van der Waals surface area (Å²) in [6.07, 6.45) is 2.91. The number of hydrogen-bond acceptors (Lipinski definition) is 5. The van der Waals surface area contributed by atoms with E-state index in [0.717, 1.165) is 0 Å². The molecule has 0 spiro atoms. The topological polar surface area (TPSA) is 80.2 Å². The molecule has 1 aromatic rings. The lowest BCUT2D eigenvalue weighted by molar-refractivity contribution is 0.358. The maximum atomic E-state index is 10.8. The zero-order valence-electron chi connectivity index (χ0n) is 6.21. The van der Waals surface area contributed by atoms with Gasteiger partial charge >= 0.3 is 0 Å². The van der Waals surface area contributed by atoms with E-state index in [0.29, 0.717) is 0 Å². The van der Waals surface area contributed by atoms with Gasteiger partial charge in [0.2, 0.25) is 0 Å². The zero-order valence-corrected chi connectivity index (χ0v) is 7.03. The predicted molar refractivity (Wildman–Crippen MR) is 41.7 cm³/mol. The van der Waals surface area contributed by atoms with Gasteiger partial charge in [-0.1, -0.05) is 0 Å². The highest BCUT2D eigenvalue weighted by Gasteiger charge is 2.10. The largest absolute Gasteiger partial charge is 0.380 e. The summed E-state index contributed by atoms with van der Waals surface area (Å²) in [5.41, 5.74) is 0. The third kappa shape index (κ3) is 2.55. The highest BCUT2D eigenvalue weighted by Crippen LogP contribution is 1.97. The predicted octanol–water partition coefficient (Wildman–Crippen LogP) is -0.659. The van der Waals surface area contributed by atoms with Crippen LogP contribution in [0.3, 0.4) is 0 Å². The van der Waals surface area contributed by atoms with Crippen LogP contribution in [0.25, 0.3) is 0 Å². The van der Waals surface area contributed by atoms with Crippen molar-refractivity contribution in [1.29, 1.82) is 0 Å². The molecule has 0 aliphatic rings. The van der Waals surface area contributed by atoms with Crippen LogP contribution in [0.1, 0.15) is 5.82 Å². The van der Waals surface area contributed by atoms with Gasteiger partial charge in [-0.2, -0.15) is 0 Å². The molecule has 0 aromatic carbocycles. The van der Waals surface area contributed by atoms with Crippen LogP contribution in [0.5, 0.6) is 0 Å². The van der Waals surface area contributed by atoms with E-state index >= 15 is 0 Å². The van der Waals surface area contributed by atoms with Crippen molar-refractivity contribution in [3.05, 3.63) is 24.3 Å². The fourth-order valence-corrected chi connectivity index (χ4v) is 1.28. The molecule has 0 saturated heterocycles. The normalized spacial score (nSPS) is 11.4. The van der Waals surface area contributed by atoms with Gasteiger partial charge in [0, 0.05) is 12.4 Å². The molecule has 0 unspecified atom stereocenters. The molecule has 5 nitrogen and oxygen atoms in total. The van der Waals surface area contributed by atoms with Crippen LogP contribution in [0.4, 0.5) is 0 Å².